The third-order valence-electron chi connectivity index (χ3n) is 3.16. The molecular formula is C17H29NO. The number of rotatable bonds is 7. The van der Waals surface area contributed by atoms with E-state index in [1.807, 2.05) is 6.07 Å². The van der Waals surface area contributed by atoms with E-state index in [-0.39, 0.29) is 0 Å². The number of ether oxygens (including phenoxy) is 1. The molecule has 2 nitrogen and oxygen atoms in total. The quantitative estimate of drug-likeness (QED) is 0.801. The number of hydrogen-bond donors (Lipinski definition) is 1. The van der Waals surface area contributed by atoms with E-state index in [2.05, 4.69) is 51.2 Å². The fourth-order valence-corrected chi connectivity index (χ4v) is 2.39. The van der Waals surface area contributed by atoms with Crippen LogP contribution in [-0.2, 0) is 6.42 Å². The molecule has 0 bridgehead atoms. The predicted molar refractivity (Wildman–Crippen MR) is 82.9 cm³/mol. The summed E-state index contributed by atoms with van der Waals surface area (Å²) in [6, 6.07) is 8.94. The highest BCUT2D eigenvalue weighted by atomic mass is 16.5. The van der Waals surface area contributed by atoms with E-state index in [0.717, 1.165) is 18.7 Å². The Kier molecular flexibility index (Phi) is 6.36. The first-order valence-electron chi connectivity index (χ1n) is 7.31. The average molecular weight is 263 g/mol. The van der Waals surface area contributed by atoms with Crippen LogP contribution in [0.3, 0.4) is 0 Å². The molecule has 1 aromatic rings. The molecule has 0 aliphatic rings. The molecule has 0 radical (unpaired) electrons. The molecule has 108 valence electrons. The van der Waals surface area contributed by atoms with Gasteiger partial charge in [0.25, 0.3) is 0 Å². The van der Waals surface area contributed by atoms with Gasteiger partial charge >= 0.3 is 0 Å². The monoisotopic (exact) mass is 263 g/mol. The zero-order valence-electron chi connectivity index (χ0n) is 13.1. The minimum atomic E-state index is 0.351. The summed E-state index contributed by atoms with van der Waals surface area (Å²) in [5, 5.41) is 3.67. The van der Waals surface area contributed by atoms with Gasteiger partial charge in [0.1, 0.15) is 5.75 Å². The summed E-state index contributed by atoms with van der Waals surface area (Å²) in [6.45, 7) is 10.2. The van der Waals surface area contributed by atoms with Crippen LogP contribution in [0, 0.1) is 5.41 Å². The minimum absolute atomic E-state index is 0.351. The molecule has 1 unspecified atom stereocenters. The van der Waals surface area contributed by atoms with Gasteiger partial charge in [-0.1, -0.05) is 39.8 Å². The molecule has 0 saturated heterocycles. The van der Waals surface area contributed by atoms with Crippen LogP contribution < -0.4 is 10.1 Å². The van der Waals surface area contributed by atoms with Crippen molar-refractivity contribution < 1.29 is 4.74 Å². The van der Waals surface area contributed by atoms with Crippen LogP contribution in [0.15, 0.2) is 24.3 Å². The molecule has 1 atom stereocenters. The highest BCUT2D eigenvalue weighted by Crippen LogP contribution is 2.23. The topological polar surface area (TPSA) is 21.3 Å². The zero-order chi connectivity index (χ0) is 14.3. The third-order valence-corrected chi connectivity index (χ3v) is 3.16. The van der Waals surface area contributed by atoms with Crippen LogP contribution in [0.25, 0.3) is 0 Å². The summed E-state index contributed by atoms with van der Waals surface area (Å²) >= 11 is 0. The van der Waals surface area contributed by atoms with E-state index in [9.17, 15) is 0 Å². The number of nitrogens with one attached hydrogen (secondary N) is 1. The van der Waals surface area contributed by atoms with Crippen LogP contribution in [0.5, 0.6) is 5.75 Å². The van der Waals surface area contributed by atoms with Gasteiger partial charge in [-0.15, -0.1) is 0 Å². The first kappa shape index (κ1) is 16.0. The molecule has 19 heavy (non-hydrogen) atoms. The number of benzene rings is 1. The maximum atomic E-state index is 5.30. The number of methoxy groups -OCH3 is 1. The largest absolute Gasteiger partial charge is 0.497 e. The Morgan fingerprint density at radius 1 is 1.26 bits per heavy atom. The molecule has 1 N–H and O–H groups in total. The lowest BCUT2D eigenvalue weighted by Gasteiger charge is -2.27. The van der Waals surface area contributed by atoms with Crippen molar-refractivity contribution in [2.24, 2.45) is 5.41 Å². The van der Waals surface area contributed by atoms with Crippen molar-refractivity contribution in [3.05, 3.63) is 29.8 Å². The zero-order valence-corrected chi connectivity index (χ0v) is 13.1. The van der Waals surface area contributed by atoms with E-state index < -0.39 is 0 Å². The molecule has 0 spiro atoms. The molecule has 0 aromatic heterocycles. The second-order valence-electron chi connectivity index (χ2n) is 6.47. The van der Waals surface area contributed by atoms with E-state index in [0.29, 0.717) is 11.5 Å². The predicted octanol–water partition coefficient (Wildman–Crippen LogP) is 4.04. The maximum absolute atomic E-state index is 5.30. The van der Waals surface area contributed by atoms with E-state index in [1.54, 1.807) is 7.11 Å². The van der Waals surface area contributed by atoms with Crippen molar-refractivity contribution in [2.45, 2.75) is 53.0 Å². The van der Waals surface area contributed by atoms with Gasteiger partial charge in [0, 0.05) is 6.04 Å². The Morgan fingerprint density at radius 3 is 2.58 bits per heavy atom. The van der Waals surface area contributed by atoms with Crippen molar-refractivity contribution in [3.8, 4) is 5.75 Å². The molecule has 1 rings (SSSR count). The maximum Gasteiger partial charge on any atom is 0.119 e. The van der Waals surface area contributed by atoms with Crippen molar-refractivity contribution in [1.29, 1.82) is 0 Å². The van der Waals surface area contributed by atoms with Gasteiger partial charge in [0.05, 0.1) is 7.11 Å². The molecule has 0 aliphatic carbocycles. The summed E-state index contributed by atoms with van der Waals surface area (Å²) in [5.41, 5.74) is 1.70. The van der Waals surface area contributed by atoms with E-state index >= 15 is 0 Å². The van der Waals surface area contributed by atoms with E-state index in [1.165, 1.54) is 18.4 Å². The molecule has 0 saturated carbocycles. The molecular weight excluding hydrogens is 234 g/mol. The van der Waals surface area contributed by atoms with E-state index in [4.69, 9.17) is 4.74 Å². The first-order chi connectivity index (χ1) is 8.94. The summed E-state index contributed by atoms with van der Waals surface area (Å²) in [6.07, 6.45) is 3.43. The van der Waals surface area contributed by atoms with Crippen molar-refractivity contribution in [1.82, 2.24) is 5.32 Å². The smallest absolute Gasteiger partial charge is 0.119 e. The van der Waals surface area contributed by atoms with Gasteiger partial charge in [-0.25, -0.2) is 0 Å². The first-order valence-corrected chi connectivity index (χ1v) is 7.31. The summed E-state index contributed by atoms with van der Waals surface area (Å²) in [7, 11) is 1.72. The highest BCUT2D eigenvalue weighted by molar-refractivity contribution is 5.29. The third kappa shape index (κ3) is 6.63. The van der Waals surface area contributed by atoms with Crippen LogP contribution in [0.2, 0.25) is 0 Å². The fourth-order valence-electron chi connectivity index (χ4n) is 2.39. The fraction of sp³-hybridized carbons (Fsp3) is 0.647. The second-order valence-corrected chi connectivity index (χ2v) is 6.47. The summed E-state index contributed by atoms with van der Waals surface area (Å²) in [5.74, 6) is 0.947. The number of hydrogen-bond acceptors (Lipinski definition) is 2. The lowest BCUT2D eigenvalue weighted by Crippen LogP contribution is -2.35. The Balaban J connectivity index is 2.69. The van der Waals surface area contributed by atoms with Gasteiger partial charge in [-0.2, -0.15) is 0 Å². The van der Waals surface area contributed by atoms with Crippen molar-refractivity contribution in [2.75, 3.05) is 13.7 Å². The van der Waals surface area contributed by atoms with Crippen molar-refractivity contribution in [3.63, 3.8) is 0 Å². The Hall–Kier alpha value is -1.02. The van der Waals surface area contributed by atoms with Gasteiger partial charge in [-0.05, 0) is 48.9 Å². The van der Waals surface area contributed by atoms with Crippen LogP contribution in [0.4, 0.5) is 0 Å². The second kappa shape index (κ2) is 7.54. The normalized spacial score (nSPS) is 13.3. The van der Waals surface area contributed by atoms with Gasteiger partial charge in [-0.3, -0.25) is 0 Å². The van der Waals surface area contributed by atoms with Crippen LogP contribution in [0.1, 0.15) is 46.1 Å². The molecule has 0 amide bonds. The summed E-state index contributed by atoms with van der Waals surface area (Å²) in [4.78, 5) is 0. The lowest BCUT2D eigenvalue weighted by molar-refractivity contribution is 0.306. The van der Waals surface area contributed by atoms with Gasteiger partial charge in [0.2, 0.25) is 0 Å². The Bertz CT molecular complexity index is 368. The molecule has 0 aliphatic heterocycles. The molecule has 0 heterocycles. The van der Waals surface area contributed by atoms with Crippen molar-refractivity contribution >= 4 is 0 Å². The average Bonchev–Trinajstić information content (AvgIpc) is 2.34. The van der Waals surface area contributed by atoms with Gasteiger partial charge in [0.15, 0.2) is 0 Å². The van der Waals surface area contributed by atoms with Crippen LogP contribution in [-0.4, -0.2) is 19.7 Å². The minimum Gasteiger partial charge on any atom is -0.497 e. The molecule has 1 aromatic carbocycles. The highest BCUT2D eigenvalue weighted by Gasteiger charge is 2.18. The molecule has 0 fully saturated rings. The Morgan fingerprint density at radius 2 is 2.00 bits per heavy atom. The summed E-state index contributed by atoms with van der Waals surface area (Å²) < 4.78 is 5.30. The Labute approximate surface area is 118 Å². The lowest BCUT2D eigenvalue weighted by atomic mass is 9.86. The standard InChI is InChI=1S/C17H29NO/c1-6-10-18-15(13-17(2,3)4)11-14-8-7-9-16(12-14)19-5/h7-9,12,15,18H,6,10-11,13H2,1-5H3. The molecule has 2 heteroatoms. The SMILES string of the molecule is CCCNC(Cc1cccc(OC)c1)CC(C)(C)C. The van der Waals surface area contributed by atoms with Crippen LogP contribution >= 0.6 is 0 Å². The van der Waals surface area contributed by atoms with Gasteiger partial charge < -0.3 is 10.1 Å².